The molecule has 0 saturated heterocycles. The molecule has 1 saturated carbocycles. The van der Waals surface area contributed by atoms with Gasteiger partial charge in [-0.05, 0) is 30.4 Å². The minimum Gasteiger partial charge on any atom is -0.387 e. The highest BCUT2D eigenvalue weighted by molar-refractivity contribution is 7.12. The van der Waals surface area contributed by atoms with E-state index < -0.39 is 6.10 Å². The monoisotopic (exact) mass is 295 g/mol. The third-order valence-electron chi connectivity index (χ3n) is 4.72. The molecule has 3 N–H and O–H groups in total. The summed E-state index contributed by atoms with van der Waals surface area (Å²) in [6.07, 6.45) is 6.70. The Morgan fingerprint density at radius 3 is 2.25 bits per heavy atom. The molecule has 0 bridgehead atoms. The van der Waals surface area contributed by atoms with Crippen LogP contribution in [0.2, 0.25) is 0 Å². The summed E-state index contributed by atoms with van der Waals surface area (Å²) < 4.78 is 0. The molecule has 0 aromatic carbocycles. The van der Waals surface area contributed by atoms with Crippen LogP contribution < -0.4 is 5.73 Å². The topological polar surface area (TPSA) is 46.2 Å². The highest BCUT2D eigenvalue weighted by atomic mass is 32.1. The van der Waals surface area contributed by atoms with Crippen LogP contribution >= 0.6 is 11.3 Å². The smallest absolute Gasteiger partial charge is 0.0950 e. The molecule has 1 unspecified atom stereocenters. The Morgan fingerprint density at radius 1 is 1.20 bits per heavy atom. The number of hydrogen-bond acceptors (Lipinski definition) is 3. The van der Waals surface area contributed by atoms with Gasteiger partial charge in [-0.25, -0.2) is 0 Å². The number of aliphatic hydroxyl groups is 1. The molecule has 1 aromatic heterocycles. The molecule has 2 rings (SSSR count). The number of nitrogens with two attached hydrogens (primary N) is 1. The summed E-state index contributed by atoms with van der Waals surface area (Å²) in [4.78, 5) is 2.44. The largest absolute Gasteiger partial charge is 0.387 e. The molecular formula is C17H29NOS. The van der Waals surface area contributed by atoms with Gasteiger partial charge in [-0.3, -0.25) is 0 Å². The van der Waals surface area contributed by atoms with Crippen molar-refractivity contribution in [3.8, 4) is 0 Å². The maximum atomic E-state index is 10.9. The summed E-state index contributed by atoms with van der Waals surface area (Å²) in [7, 11) is 0. The highest BCUT2D eigenvalue weighted by Gasteiger charge is 2.38. The first-order chi connectivity index (χ1) is 9.39. The predicted molar refractivity (Wildman–Crippen MR) is 87.2 cm³/mol. The molecular weight excluding hydrogens is 266 g/mol. The van der Waals surface area contributed by atoms with Gasteiger partial charge < -0.3 is 10.8 Å². The molecule has 1 fully saturated rings. The van der Waals surface area contributed by atoms with Crippen LogP contribution in [0.15, 0.2) is 12.1 Å². The first kappa shape index (κ1) is 16.0. The van der Waals surface area contributed by atoms with Gasteiger partial charge in [0.1, 0.15) is 0 Å². The van der Waals surface area contributed by atoms with Crippen LogP contribution in [0.3, 0.4) is 0 Å². The van der Waals surface area contributed by atoms with E-state index in [0.29, 0.717) is 6.54 Å². The fraction of sp³-hybridized carbons (Fsp3) is 0.765. The molecule has 114 valence electrons. The maximum Gasteiger partial charge on any atom is 0.0950 e. The molecule has 0 radical (unpaired) electrons. The van der Waals surface area contributed by atoms with E-state index in [0.717, 1.165) is 17.7 Å². The Labute approximate surface area is 127 Å². The van der Waals surface area contributed by atoms with E-state index in [2.05, 4.69) is 32.9 Å². The lowest BCUT2D eigenvalue weighted by atomic mass is 9.75. The van der Waals surface area contributed by atoms with Crippen molar-refractivity contribution in [3.05, 3.63) is 21.9 Å². The van der Waals surface area contributed by atoms with Gasteiger partial charge in [0.15, 0.2) is 0 Å². The predicted octanol–water partition coefficient (Wildman–Crippen LogP) is 4.38. The van der Waals surface area contributed by atoms with Crippen molar-refractivity contribution < 1.29 is 5.11 Å². The van der Waals surface area contributed by atoms with Gasteiger partial charge in [-0.1, -0.05) is 46.5 Å². The zero-order chi connectivity index (χ0) is 14.8. The average molecular weight is 295 g/mol. The summed E-state index contributed by atoms with van der Waals surface area (Å²) in [6, 6.07) is 4.28. The van der Waals surface area contributed by atoms with E-state index in [1.165, 1.54) is 30.6 Å². The molecule has 1 heterocycles. The van der Waals surface area contributed by atoms with E-state index in [-0.39, 0.29) is 10.8 Å². The summed E-state index contributed by atoms with van der Waals surface area (Å²) in [5.74, 6) is 0. The second kappa shape index (κ2) is 6.17. The van der Waals surface area contributed by atoms with Crippen LogP contribution in [-0.2, 0) is 5.41 Å². The fourth-order valence-electron chi connectivity index (χ4n) is 3.23. The summed E-state index contributed by atoms with van der Waals surface area (Å²) >= 11 is 1.76. The molecule has 0 spiro atoms. The van der Waals surface area contributed by atoms with Crippen molar-refractivity contribution in [1.82, 2.24) is 0 Å². The van der Waals surface area contributed by atoms with Crippen molar-refractivity contribution in [2.75, 3.05) is 6.54 Å². The first-order valence-electron chi connectivity index (χ1n) is 7.87. The molecule has 0 aliphatic heterocycles. The van der Waals surface area contributed by atoms with E-state index in [9.17, 15) is 5.11 Å². The van der Waals surface area contributed by atoms with Crippen LogP contribution in [-0.4, -0.2) is 11.7 Å². The third kappa shape index (κ3) is 3.26. The van der Waals surface area contributed by atoms with E-state index >= 15 is 0 Å². The van der Waals surface area contributed by atoms with E-state index in [4.69, 9.17) is 5.73 Å². The van der Waals surface area contributed by atoms with E-state index in [1.54, 1.807) is 11.3 Å². The first-order valence-corrected chi connectivity index (χ1v) is 8.69. The van der Waals surface area contributed by atoms with Crippen LogP contribution in [0.4, 0.5) is 0 Å². The Balaban J connectivity index is 2.23. The summed E-state index contributed by atoms with van der Waals surface area (Å²) in [6.45, 7) is 7.26. The lowest BCUT2D eigenvalue weighted by Crippen LogP contribution is -2.36. The zero-order valence-electron chi connectivity index (χ0n) is 13.1. The average Bonchev–Trinajstić information content (AvgIpc) is 2.77. The van der Waals surface area contributed by atoms with Gasteiger partial charge >= 0.3 is 0 Å². The zero-order valence-corrected chi connectivity index (χ0v) is 13.9. The molecule has 3 heteroatoms. The van der Waals surface area contributed by atoms with Crippen LogP contribution in [0.1, 0.15) is 75.2 Å². The SMILES string of the molecule is CC(C)(C)c1ccc(C(O)C2(CN)CCCCCC2)s1. The summed E-state index contributed by atoms with van der Waals surface area (Å²) in [5.41, 5.74) is 6.14. The third-order valence-corrected chi connectivity index (χ3v) is 6.28. The minimum atomic E-state index is -0.397. The van der Waals surface area contributed by atoms with Gasteiger partial charge in [-0.15, -0.1) is 11.3 Å². The quantitative estimate of drug-likeness (QED) is 0.813. The highest BCUT2D eigenvalue weighted by Crippen LogP contribution is 2.46. The molecule has 20 heavy (non-hydrogen) atoms. The number of thiophene rings is 1. The van der Waals surface area contributed by atoms with Crippen molar-refractivity contribution in [1.29, 1.82) is 0 Å². The van der Waals surface area contributed by atoms with Crippen molar-refractivity contribution in [2.24, 2.45) is 11.1 Å². The van der Waals surface area contributed by atoms with Crippen LogP contribution in [0.25, 0.3) is 0 Å². The number of rotatable bonds is 3. The Morgan fingerprint density at radius 2 is 1.80 bits per heavy atom. The second-order valence-corrected chi connectivity index (χ2v) is 8.45. The molecule has 1 aliphatic rings. The van der Waals surface area contributed by atoms with Gasteiger partial charge in [0.05, 0.1) is 6.10 Å². The lowest BCUT2D eigenvalue weighted by Gasteiger charge is -2.36. The molecule has 1 aliphatic carbocycles. The number of aliphatic hydroxyl groups excluding tert-OH is 1. The van der Waals surface area contributed by atoms with Gasteiger partial charge in [-0.2, -0.15) is 0 Å². The van der Waals surface area contributed by atoms with Crippen LogP contribution in [0, 0.1) is 5.41 Å². The van der Waals surface area contributed by atoms with Crippen molar-refractivity contribution in [2.45, 2.75) is 70.8 Å². The number of hydrogen-bond donors (Lipinski definition) is 2. The summed E-state index contributed by atoms with van der Waals surface area (Å²) in [5, 5.41) is 10.9. The van der Waals surface area contributed by atoms with Gasteiger partial charge in [0.25, 0.3) is 0 Å². The second-order valence-electron chi connectivity index (χ2n) is 7.34. The van der Waals surface area contributed by atoms with Crippen LogP contribution in [0.5, 0.6) is 0 Å². The van der Waals surface area contributed by atoms with Crippen molar-refractivity contribution in [3.63, 3.8) is 0 Å². The minimum absolute atomic E-state index is 0.101. The lowest BCUT2D eigenvalue weighted by molar-refractivity contribution is 0.0193. The molecule has 1 atom stereocenters. The van der Waals surface area contributed by atoms with Crippen molar-refractivity contribution >= 4 is 11.3 Å². The fourth-order valence-corrected chi connectivity index (χ4v) is 4.42. The maximum absolute atomic E-state index is 10.9. The van der Waals surface area contributed by atoms with Gasteiger partial charge in [0.2, 0.25) is 0 Å². The molecule has 0 amide bonds. The molecule has 1 aromatic rings. The Kier molecular flexibility index (Phi) is 4.93. The molecule has 2 nitrogen and oxygen atoms in total. The van der Waals surface area contributed by atoms with E-state index in [1.807, 2.05) is 0 Å². The Hall–Kier alpha value is -0.380. The Bertz CT molecular complexity index is 424. The van der Waals surface area contributed by atoms with Gasteiger partial charge in [0, 0.05) is 21.7 Å². The standard InChI is InChI=1S/C17H29NOS/c1-16(2,3)14-9-8-13(20-14)15(19)17(12-18)10-6-4-5-7-11-17/h8-9,15,19H,4-7,10-12,18H2,1-3H3. The normalized spacial score (nSPS) is 21.4.